The number of thiazole rings is 1. The molecule has 0 bridgehead atoms. The fraction of sp³-hybridized carbons (Fsp3) is 0.192. The molecule has 36 heavy (non-hydrogen) atoms. The van der Waals surface area contributed by atoms with Gasteiger partial charge in [0.2, 0.25) is 5.91 Å². The number of likely N-dealkylation sites (N-methyl/N-ethyl adjacent to an activating group) is 1. The van der Waals surface area contributed by atoms with Crippen molar-refractivity contribution in [3.05, 3.63) is 82.2 Å². The van der Waals surface area contributed by atoms with Crippen LogP contribution in [0.4, 0.5) is 5.69 Å². The van der Waals surface area contributed by atoms with Crippen LogP contribution in [0, 0.1) is 0 Å². The van der Waals surface area contributed by atoms with Crippen molar-refractivity contribution < 1.29 is 9.59 Å². The molecule has 1 aliphatic rings. The molecule has 5 aromatic rings. The topological polar surface area (TPSA) is 116 Å². The van der Waals surface area contributed by atoms with Crippen LogP contribution in [0.5, 0.6) is 0 Å². The number of aromatic amines is 1. The lowest BCUT2D eigenvalue weighted by molar-refractivity contribution is -0.125. The van der Waals surface area contributed by atoms with Gasteiger partial charge in [0, 0.05) is 48.1 Å². The van der Waals surface area contributed by atoms with Crippen LogP contribution in [0.1, 0.15) is 26.6 Å². The molecular weight excluding hydrogens is 474 g/mol. The number of benzene rings is 2. The fourth-order valence-electron chi connectivity index (χ4n) is 4.78. The van der Waals surface area contributed by atoms with Gasteiger partial charge in [-0.15, -0.1) is 11.3 Å². The van der Waals surface area contributed by atoms with E-state index in [2.05, 4.69) is 30.6 Å². The highest BCUT2D eigenvalue weighted by molar-refractivity contribution is 7.10. The molecule has 3 N–H and O–H groups in total. The molecule has 0 saturated carbocycles. The lowest BCUT2D eigenvalue weighted by Gasteiger charge is -2.34. The average Bonchev–Trinajstić information content (AvgIpc) is 3.54. The molecule has 6 rings (SSSR count). The third-order valence-corrected chi connectivity index (χ3v) is 7.41. The second-order valence-corrected chi connectivity index (χ2v) is 9.57. The van der Waals surface area contributed by atoms with E-state index in [1.54, 1.807) is 29.9 Å². The van der Waals surface area contributed by atoms with Crippen LogP contribution in [0.3, 0.4) is 0 Å². The first kappa shape index (κ1) is 22.2. The Kier molecular flexibility index (Phi) is 5.57. The van der Waals surface area contributed by atoms with E-state index in [0.29, 0.717) is 25.2 Å². The number of carbonyl (C=O) groups excluding carboxylic acids is 2. The number of amides is 2. The molecule has 0 fully saturated rings. The number of aromatic nitrogens is 4. The van der Waals surface area contributed by atoms with Crippen molar-refractivity contribution in [1.29, 1.82) is 0 Å². The highest BCUT2D eigenvalue weighted by Gasteiger charge is 2.37. The first-order valence-electron chi connectivity index (χ1n) is 11.6. The lowest BCUT2D eigenvalue weighted by Crippen LogP contribution is -2.52. The predicted molar refractivity (Wildman–Crippen MR) is 139 cm³/mol. The monoisotopic (exact) mass is 497 g/mol. The molecule has 1 aliphatic heterocycles. The Balaban J connectivity index is 1.27. The number of anilines is 1. The molecule has 0 unspecified atom stereocenters. The lowest BCUT2D eigenvalue weighted by atomic mass is 9.95. The Hall–Kier alpha value is -4.31. The minimum Gasteiger partial charge on any atom is -0.380 e. The molecule has 0 saturated heterocycles. The van der Waals surface area contributed by atoms with E-state index >= 15 is 0 Å². The summed E-state index contributed by atoms with van der Waals surface area (Å²) in [5.74, 6) is -0.443. The summed E-state index contributed by atoms with van der Waals surface area (Å²) in [4.78, 5) is 45.5. The Morgan fingerprint density at radius 2 is 1.94 bits per heavy atom. The van der Waals surface area contributed by atoms with E-state index in [1.165, 1.54) is 11.3 Å². The van der Waals surface area contributed by atoms with E-state index in [4.69, 9.17) is 0 Å². The van der Waals surface area contributed by atoms with Crippen molar-refractivity contribution in [3.8, 4) is 0 Å². The van der Waals surface area contributed by atoms with Gasteiger partial charge >= 0.3 is 0 Å². The van der Waals surface area contributed by atoms with E-state index < -0.39 is 6.04 Å². The third-order valence-electron chi connectivity index (χ3n) is 6.58. The molecule has 0 aliphatic carbocycles. The SMILES string of the molecule is CNC(=O)[C@H]1Cc2c([nH]c3ccccc23)CN1C(=O)c1ncsc1CNc1ccc2nccnc2c1. The molecule has 3 aromatic heterocycles. The quantitative estimate of drug-likeness (QED) is 0.342. The van der Waals surface area contributed by atoms with Crippen LogP contribution in [0.2, 0.25) is 0 Å². The van der Waals surface area contributed by atoms with Crippen LogP contribution in [-0.4, -0.2) is 49.7 Å². The van der Waals surface area contributed by atoms with Gasteiger partial charge in [-0.05, 0) is 29.8 Å². The Morgan fingerprint density at radius 3 is 2.81 bits per heavy atom. The number of nitrogens with one attached hydrogen (secondary N) is 3. The number of carbonyl (C=O) groups is 2. The van der Waals surface area contributed by atoms with Crippen LogP contribution in [0.15, 0.2) is 60.4 Å². The maximum absolute atomic E-state index is 13.8. The molecule has 0 radical (unpaired) electrons. The van der Waals surface area contributed by atoms with Crippen molar-refractivity contribution in [1.82, 2.24) is 30.2 Å². The zero-order valence-corrected chi connectivity index (χ0v) is 20.3. The van der Waals surface area contributed by atoms with Gasteiger partial charge in [0.1, 0.15) is 11.7 Å². The predicted octanol–water partition coefficient (Wildman–Crippen LogP) is 3.49. The number of hydrogen-bond acceptors (Lipinski definition) is 7. The van der Waals surface area contributed by atoms with E-state index in [9.17, 15) is 9.59 Å². The van der Waals surface area contributed by atoms with Crippen LogP contribution in [0.25, 0.3) is 21.9 Å². The number of para-hydroxylation sites is 1. The van der Waals surface area contributed by atoms with Gasteiger partial charge in [0.05, 0.1) is 34.5 Å². The van der Waals surface area contributed by atoms with Gasteiger partial charge in [-0.3, -0.25) is 19.6 Å². The van der Waals surface area contributed by atoms with Gasteiger partial charge in [-0.1, -0.05) is 18.2 Å². The van der Waals surface area contributed by atoms with Crippen molar-refractivity contribution in [2.24, 2.45) is 0 Å². The third kappa shape index (κ3) is 3.85. The van der Waals surface area contributed by atoms with Crippen molar-refractivity contribution >= 4 is 50.8 Å². The molecule has 2 amide bonds. The molecular formula is C26H23N7O2S. The first-order chi connectivity index (χ1) is 17.6. The molecule has 4 heterocycles. The van der Waals surface area contributed by atoms with Gasteiger partial charge in [-0.25, -0.2) is 4.98 Å². The molecule has 10 heteroatoms. The van der Waals surface area contributed by atoms with Crippen LogP contribution >= 0.6 is 11.3 Å². The highest BCUT2D eigenvalue weighted by Crippen LogP contribution is 2.32. The number of H-pyrrole nitrogens is 1. The standard InChI is InChI=1S/C26H23N7O2S/c1-27-25(34)22-11-17-16-4-2-3-5-18(16)32-21(17)13-33(22)26(35)24-23(36-14-31-24)12-30-15-6-7-19-20(10-15)29-9-8-28-19/h2-10,14,22,30,32H,11-13H2,1H3,(H,27,34)/t22-/m1/s1. The number of rotatable bonds is 5. The maximum Gasteiger partial charge on any atom is 0.274 e. The van der Waals surface area contributed by atoms with Crippen molar-refractivity contribution in [2.75, 3.05) is 12.4 Å². The fourth-order valence-corrected chi connectivity index (χ4v) is 5.48. The second-order valence-electron chi connectivity index (χ2n) is 8.63. The normalized spacial score (nSPS) is 15.1. The summed E-state index contributed by atoms with van der Waals surface area (Å²) in [6.45, 7) is 0.738. The van der Waals surface area contributed by atoms with Gasteiger partial charge in [-0.2, -0.15) is 0 Å². The van der Waals surface area contributed by atoms with Crippen LogP contribution in [-0.2, 0) is 24.3 Å². The Labute approximate surface area is 210 Å². The summed E-state index contributed by atoms with van der Waals surface area (Å²) in [6.07, 6.45) is 3.77. The smallest absolute Gasteiger partial charge is 0.274 e. The summed E-state index contributed by atoms with van der Waals surface area (Å²) in [5, 5.41) is 7.18. The molecule has 180 valence electrons. The van der Waals surface area contributed by atoms with Crippen molar-refractivity contribution in [3.63, 3.8) is 0 Å². The summed E-state index contributed by atoms with van der Waals surface area (Å²) < 4.78 is 0. The van der Waals surface area contributed by atoms with Gasteiger partial charge in [0.15, 0.2) is 0 Å². The molecule has 1 atom stereocenters. The number of nitrogens with zero attached hydrogens (tertiary/aromatic N) is 4. The zero-order valence-electron chi connectivity index (χ0n) is 19.5. The Bertz CT molecular complexity index is 1610. The summed E-state index contributed by atoms with van der Waals surface area (Å²) in [6, 6.07) is 13.2. The summed E-state index contributed by atoms with van der Waals surface area (Å²) in [7, 11) is 1.60. The van der Waals surface area contributed by atoms with Crippen molar-refractivity contribution in [2.45, 2.75) is 25.6 Å². The van der Waals surface area contributed by atoms with Gasteiger partial charge in [0.25, 0.3) is 5.91 Å². The van der Waals surface area contributed by atoms with E-state index in [0.717, 1.165) is 43.8 Å². The molecule has 2 aromatic carbocycles. The molecule has 0 spiro atoms. The van der Waals surface area contributed by atoms with E-state index in [-0.39, 0.29) is 11.8 Å². The number of fused-ring (bicyclic) bond motifs is 4. The zero-order chi connectivity index (χ0) is 24.6. The van der Waals surface area contributed by atoms with Gasteiger partial charge < -0.3 is 20.5 Å². The number of hydrogen-bond donors (Lipinski definition) is 3. The average molecular weight is 498 g/mol. The highest BCUT2D eigenvalue weighted by atomic mass is 32.1. The summed E-state index contributed by atoms with van der Waals surface area (Å²) in [5.41, 5.74) is 7.56. The maximum atomic E-state index is 13.8. The Morgan fingerprint density at radius 1 is 1.11 bits per heavy atom. The largest absolute Gasteiger partial charge is 0.380 e. The second kappa shape index (κ2) is 9.04. The minimum absolute atomic E-state index is 0.188. The molecule has 9 nitrogen and oxygen atoms in total. The minimum atomic E-state index is -0.615. The van der Waals surface area contributed by atoms with Crippen LogP contribution < -0.4 is 10.6 Å². The first-order valence-corrected chi connectivity index (χ1v) is 12.5. The van der Waals surface area contributed by atoms with E-state index in [1.807, 2.05) is 42.5 Å². The summed E-state index contributed by atoms with van der Waals surface area (Å²) >= 11 is 1.41.